The zero-order valence-electron chi connectivity index (χ0n) is 10.6. The first-order chi connectivity index (χ1) is 9.11. The van der Waals surface area contributed by atoms with Crippen LogP contribution >= 0.6 is 11.8 Å². The average molecular weight is 284 g/mol. The molecule has 1 aliphatic heterocycles. The van der Waals surface area contributed by atoms with Crippen molar-refractivity contribution < 1.29 is 14.7 Å². The van der Waals surface area contributed by atoms with Gasteiger partial charge in [-0.2, -0.15) is 0 Å². The average Bonchev–Trinajstić information content (AvgIpc) is 2.93. The van der Waals surface area contributed by atoms with E-state index in [1.54, 1.807) is 0 Å². The van der Waals surface area contributed by atoms with E-state index in [0.29, 0.717) is 18.1 Å². The zero-order chi connectivity index (χ0) is 13.8. The van der Waals surface area contributed by atoms with Crippen molar-refractivity contribution in [3.05, 3.63) is 5.82 Å². The van der Waals surface area contributed by atoms with E-state index in [1.165, 1.54) is 0 Å². The van der Waals surface area contributed by atoms with E-state index in [9.17, 15) is 9.59 Å². The lowest BCUT2D eigenvalue weighted by Crippen LogP contribution is -2.17. The number of nitrogens with one attached hydrogen (secondary N) is 1. The van der Waals surface area contributed by atoms with Crippen LogP contribution in [-0.2, 0) is 16.0 Å². The molecule has 0 radical (unpaired) electrons. The summed E-state index contributed by atoms with van der Waals surface area (Å²) in [6.07, 6.45) is 2.09. The molecular formula is C11H16N4O3S. The second-order valence-corrected chi connectivity index (χ2v) is 5.31. The van der Waals surface area contributed by atoms with Gasteiger partial charge in [-0.1, -0.05) is 18.7 Å². The van der Waals surface area contributed by atoms with Crippen LogP contribution in [0, 0.1) is 0 Å². The van der Waals surface area contributed by atoms with Crippen LogP contribution in [0.3, 0.4) is 0 Å². The summed E-state index contributed by atoms with van der Waals surface area (Å²) in [5, 5.41) is 20.3. The third kappa shape index (κ3) is 3.25. The highest BCUT2D eigenvalue weighted by molar-refractivity contribution is 7.99. The molecule has 0 aliphatic carbocycles. The smallest absolute Gasteiger partial charge is 0.313 e. The lowest BCUT2D eigenvalue weighted by atomic mass is 10.2. The third-order valence-electron chi connectivity index (χ3n) is 2.85. The molecule has 1 aromatic heterocycles. The number of carboxylic acid groups (broad SMARTS) is 1. The summed E-state index contributed by atoms with van der Waals surface area (Å²) in [5.74, 6) is -0.123. The van der Waals surface area contributed by atoms with Gasteiger partial charge in [0, 0.05) is 19.4 Å². The van der Waals surface area contributed by atoms with E-state index in [4.69, 9.17) is 5.11 Å². The minimum Gasteiger partial charge on any atom is -0.481 e. The molecule has 19 heavy (non-hydrogen) atoms. The lowest BCUT2D eigenvalue weighted by molar-refractivity contribution is -0.134. The second kappa shape index (κ2) is 6.05. The molecule has 0 bridgehead atoms. The summed E-state index contributed by atoms with van der Waals surface area (Å²) in [7, 11) is 0. The van der Waals surface area contributed by atoms with Crippen molar-refractivity contribution in [3.8, 4) is 0 Å². The predicted octanol–water partition coefficient (Wildman–Crippen LogP) is 0.468. The SMILES string of the molecule is CCCc1nnc(SCC(=O)O)n1C1CNC(=O)C1. The van der Waals surface area contributed by atoms with Gasteiger partial charge in [-0.25, -0.2) is 0 Å². The highest BCUT2D eigenvalue weighted by Gasteiger charge is 2.28. The summed E-state index contributed by atoms with van der Waals surface area (Å²) >= 11 is 1.14. The van der Waals surface area contributed by atoms with E-state index < -0.39 is 5.97 Å². The number of nitrogens with zero attached hydrogens (tertiary/aromatic N) is 3. The van der Waals surface area contributed by atoms with Crippen LogP contribution in [0.15, 0.2) is 5.16 Å². The number of aromatic nitrogens is 3. The molecule has 1 fully saturated rings. The number of carboxylic acids is 1. The molecule has 0 aromatic carbocycles. The van der Waals surface area contributed by atoms with Crippen molar-refractivity contribution in [2.75, 3.05) is 12.3 Å². The van der Waals surface area contributed by atoms with Crippen molar-refractivity contribution in [2.45, 2.75) is 37.4 Å². The van der Waals surface area contributed by atoms with Crippen LogP contribution in [0.5, 0.6) is 0 Å². The maximum atomic E-state index is 11.3. The van der Waals surface area contributed by atoms with Crippen molar-refractivity contribution in [2.24, 2.45) is 0 Å². The predicted molar refractivity (Wildman–Crippen MR) is 69.0 cm³/mol. The summed E-state index contributed by atoms with van der Waals surface area (Å²) in [4.78, 5) is 22.0. The minimum absolute atomic E-state index is 0.00957. The number of aryl methyl sites for hydroxylation is 1. The Morgan fingerprint density at radius 2 is 2.37 bits per heavy atom. The summed E-state index contributed by atoms with van der Waals surface area (Å²) in [6, 6.07) is -0.0136. The van der Waals surface area contributed by atoms with Crippen LogP contribution < -0.4 is 5.32 Å². The first-order valence-electron chi connectivity index (χ1n) is 6.17. The number of carbonyl (C=O) groups is 2. The maximum Gasteiger partial charge on any atom is 0.313 e. The van der Waals surface area contributed by atoms with Crippen LogP contribution in [0.4, 0.5) is 0 Å². The molecule has 1 aliphatic rings. The Labute approximate surface area is 114 Å². The first kappa shape index (κ1) is 13.9. The largest absolute Gasteiger partial charge is 0.481 e. The number of carbonyl (C=O) groups excluding carboxylic acids is 1. The van der Waals surface area contributed by atoms with E-state index in [1.807, 2.05) is 11.5 Å². The molecule has 8 heteroatoms. The fourth-order valence-corrected chi connectivity index (χ4v) is 2.81. The number of amides is 1. The van der Waals surface area contributed by atoms with E-state index >= 15 is 0 Å². The molecule has 7 nitrogen and oxygen atoms in total. The Hall–Kier alpha value is -1.57. The molecule has 2 N–H and O–H groups in total. The molecule has 1 atom stereocenters. The van der Waals surface area contributed by atoms with Gasteiger partial charge in [-0.15, -0.1) is 10.2 Å². The summed E-state index contributed by atoms with van der Waals surface area (Å²) < 4.78 is 1.91. The normalized spacial score (nSPS) is 18.6. The fraction of sp³-hybridized carbons (Fsp3) is 0.636. The van der Waals surface area contributed by atoms with Crippen LogP contribution in [0.2, 0.25) is 0 Å². The van der Waals surface area contributed by atoms with Gasteiger partial charge in [-0.3, -0.25) is 9.59 Å². The highest BCUT2D eigenvalue weighted by atomic mass is 32.2. The van der Waals surface area contributed by atoms with Gasteiger partial charge in [0.15, 0.2) is 5.16 Å². The molecule has 2 rings (SSSR count). The van der Waals surface area contributed by atoms with E-state index in [2.05, 4.69) is 15.5 Å². The number of hydrogen-bond acceptors (Lipinski definition) is 5. The zero-order valence-corrected chi connectivity index (χ0v) is 11.4. The molecule has 1 amide bonds. The Bertz CT molecular complexity index is 488. The number of hydrogen-bond donors (Lipinski definition) is 2. The molecule has 104 valence electrons. The minimum atomic E-state index is -0.891. The maximum absolute atomic E-state index is 11.3. The summed E-state index contributed by atoms with van der Waals surface area (Å²) in [5.41, 5.74) is 0. The fourth-order valence-electron chi connectivity index (χ4n) is 2.07. The Morgan fingerprint density at radius 3 is 2.95 bits per heavy atom. The Balaban J connectivity index is 2.22. The highest BCUT2D eigenvalue weighted by Crippen LogP contribution is 2.26. The van der Waals surface area contributed by atoms with Gasteiger partial charge in [0.2, 0.25) is 5.91 Å². The third-order valence-corrected chi connectivity index (χ3v) is 3.78. The molecule has 1 saturated heterocycles. The monoisotopic (exact) mass is 284 g/mol. The Morgan fingerprint density at radius 1 is 1.58 bits per heavy atom. The molecule has 2 heterocycles. The molecule has 1 unspecified atom stereocenters. The van der Waals surface area contributed by atoms with Gasteiger partial charge < -0.3 is 15.0 Å². The van der Waals surface area contributed by atoms with Crippen LogP contribution in [0.25, 0.3) is 0 Å². The van der Waals surface area contributed by atoms with Gasteiger partial charge in [0.1, 0.15) is 5.82 Å². The quantitative estimate of drug-likeness (QED) is 0.737. The Kier molecular flexibility index (Phi) is 4.41. The topological polar surface area (TPSA) is 97.1 Å². The van der Waals surface area contributed by atoms with Gasteiger partial charge in [0.25, 0.3) is 0 Å². The van der Waals surface area contributed by atoms with Crippen molar-refractivity contribution in [1.29, 1.82) is 0 Å². The number of thioether (sulfide) groups is 1. The van der Waals surface area contributed by atoms with E-state index in [-0.39, 0.29) is 17.7 Å². The van der Waals surface area contributed by atoms with Gasteiger partial charge in [0.05, 0.1) is 11.8 Å². The van der Waals surface area contributed by atoms with Gasteiger partial charge >= 0.3 is 5.97 Å². The standard InChI is InChI=1S/C11H16N4O3S/c1-2-3-8-13-14-11(19-6-10(17)18)15(8)7-4-9(16)12-5-7/h7H,2-6H2,1H3,(H,12,16)(H,17,18). The number of aliphatic carboxylic acids is 1. The summed E-state index contributed by atoms with van der Waals surface area (Å²) in [6.45, 7) is 2.59. The van der Waals surface area contributed by atoms with Crippen molar-refractivity contribution in [1.82, 2.24) is 20.1 Å². The van der Waals surface area contributed by atoms with Crippen molar-refractivity contribution >= 4 is 23.6 Å². The molecule has 1 aromatic rings. The van der Waals surface area contributed by atoms with E-state index in [0.717, 1.165) is 30.4 Å². The molecule has 0 saturated carbocycles. The van der Waals surface area contributed by atoms with Crippen LogP contribution in [-0.4, -0.2) is 44.0 Å². The van der Waals surface area contributed by atoms with Crippen molar-refractivity contribution in [3.63, 3.8) is 0 Å². The second-order valence-electron chi connectivity index (χ2n) is 4.36. The number of rotatable bonds is 6. The lowest BCUT2D eigenvalue weighted by Gasteiger charge is -2.14. The molecule has 0 spiro atoms. The van der Waals surface area contributed by atoms with Crippen LogP contribution in [0.1, 0.15) is 31.6 Å². The first-order valence-corrected chi connectivity index (χ1v) is 7.15. The van der Waals surface area contributed by atoms with Gasteiger partial charge in [-0.05, 0) is 6.42 Å². The molecular weight excluding hydrogens is 268 g/mol.